The molecule has 0 saturated heterocycles. The van der Waals surface area contributed by atoms with Gasteiger partial charge in [0, 0.05) is 10.1 Å². The van der Waals surface area contributed by atoms with Crippen molar-refractivity contribution in [3.63, 3.8) is 0 Å². The first-order valence-electron chi connectivity index (χ1n) is 6.22. The fraction of sp³-hybridized carbons (Fsp3) is 0.143. The summed E-state index contributed by atoms with van der Waals surface area (Å²) in [5.41, 5.74) is 6.91. The van der Waals surface area contributed by atoms with E-state index < -0.39 is 5.82 Å². The highest BCUT2D eigenvalue weighted by Gasteiger charge is 2.18. The molecule has 1 aromatic carbocycles. The number of anilines is 1. The average Bonchev–Trinajstić information content (AvgIpc) is 3.01. The van der Waals surface area contributed by atoms with E-state index in [1.165, 1.54) is 28.7 Å². The summed E-state index contributed by atoms with van der Waals surface area (Å²) in [6.07, 6.45) is 0. The third-order valence-corrected chi connectivity index (χ3v) is 5.00. The number of halogens is 1. The number of nitrogens with two attached hydrogens (primary N) is 1. The molecule has 21 heavy (non-hydrogen) atoms. The maximum atomic E-state index is 13.8. The Morgan fingerprint density at radius 1 is 1.48 bits per heavy atom. The minimum absolute atomic E-state index is 0.194. The largest absolute Gasteiger partial charge is 0.397 e. The molecule has 2 aromatic heterocycles. The smallest absolute Gasteiger partial charge is 0.263 e. The first kappa shape index (κ1) is 14.0. The van der Waals surface area contributed by atoms with Crippen molar-refractivity contribution in [2.75, 3.05) is 5.73 Å². The molecule has 0 saturated carbocycles. The molecule has 0 radical (unpaired) electrons. The first-order valence-corrected chi connectivity index (χ1v) is 7.91. The lowest BCUT2D eigenvalue weighted by Crippen LogP contribution is -2.22. The summed E-state index contributed by atoms with van der Waals surface area (Å²) < 4.78 is 14.4. The minimum atomic E-state index is -0.407. The Morgan fingerprint density at radius 2 is 2.29 bits per heavy atom. The van der Waals surface area contributed by atoms with Gasteiger partial charge in [0.15, 0.2) is 0 Å². The number of amides is 1. The molecule has 3 rings (SSSR count). The van der Waals surface area contributed by atoms with Gasteiger partial charge in [0.05, 0.1) is 28.3 Å². The number of thiazole rings is 1. The number of fused-ring (bicyclic) bond motifs is 1. The fourth-order valence-electron chi connectivity index (χ4n) is 2.04. The summed E-state index contributed by atoms with van der Waals surface area (Å²) in [5, 5.41) is 5.92. The number of rotatable bonds is 3. The molecule has 0 fully saturated rings. The molecule has 0 aliphatic rings. The molecule has 0 spiro atoms. The van der Waals surface area contributed by atoms with Gasteiger partial charge >= 0.3 is 0 Å². The Hall–Kier alpha value is -1.99. The van der Waals surface area contributed by atoms with Crippen LogP contribution in [0.25, 0.3) is 10.1 Å². The second-order valence-electron chi connectivity index (χ2n) is 4.50. The van der Waals surface area contributed by atoms with Gasteiger partial charge in [-0.05, 0) is 19.1 Å². The summed E-state index contributed by atoms with van der Waals surface area (Å²) >= 11 is 2.72. The van der Waals surface area contributed by atoms with Crippen molar-refractivity contribution in [3.8, 4) is 0 Å². The minimum Gasteiger partial charge on any atom is -0.397 e. The van der Waals surface area contributed by atoms with Crippen LogP contribution in [0.15, 0.2) is 23.6 Å². The van der Waals surface area contributed by atoms with Gasteiger partial charge in [-0.2, -0.15) is 0 Å². The summed E-state index contributed by atoms with van der Waals surface area (Å²) in [5.74, 6) is -0.714. The maximum absolute atomic E-state index is 13.8. The molecule has 3 aromatic rings. The van der Waals surface area contributed by atoms with E-state index in [-0.39, 0.29) is 11.6 Å². The van der Waals surface area contributed by atoms with Crippen LogP contribution in [0.4, 0.5) is 10.1 Å². The molecular weight excluding hydrogens is 309 g/mol. The topological polar surface area (TPSA) is 68.0 Å². The van der Waals surface area contributed by atoms with Crippen molar-refractivity contribution in [1.82, 2.24) is 10.3 Å². The number of hydrogen-bond acceptors (Lipinski definition) is 5. The van der Waals surface area contributed by atoms with E-state index in [2.05, 4.69) is 10.3 Å². The first-order chi connectivity index (χ1) is 10.1. The molecule has 0 atom stereocenters. The van der Waals surface area contributed by atoms with Crippen molar-refractivity contribution in [2.24, 2.45) is 0 Å². The average molecular weight is 321 g/mol. The second-order valence-corrected chi connectivity index (χ2v) is 6.61. The van der Waals surface area contributed by atoms with Crippen LogP contribution in [0.2, 0.25) is 0 Å². The van der Waals surface area contributed by atoms with Crippen molar-refractivity contribution in [2.45, 2.75) is 13.5 Å². The van der Waals surface area contributed by atoms with Gasteiger partial charge in [-0.25, -0.2) is 9.37 Å². The lowest BCUT2D eigenvalue weighted by atomic mass is 10.2. The monoisotopic (exact) mass is 321 g/mol. The third kappa shape index (κ3) is 2.62. The van der Waals surface area contributed by atoms with Gasteiger partial charge in [-0.1, -0.05) is 6.07 Å². The van der Waals surface area contributed by atoms with Crippen molar-refractivity contribution < 1.29 is 9.18 Å². The zero-order valence-corrected chi connectivity index (χ0v) is 12.8. The summed E-state index contributed by atoms with van der Waals surface area (Å²) in [6, 6.07) is 4.69. The summed E-state index contributed by atoms with van der Waals surface area (Å²) in [7, 11) is 0. The van der Waals surface area contributed by atoms with Crippen LogP contribution in [0, 0.1) is 12.7 Å². The van der Waals surface area contributed by atoms with Gasteiger partial charge < -0.3 is 11.1 Å². The highest BCUT2D eigenvalue weighted by atomic mass is 32.1. The molecule has 7 heteroatoms. The Balaban J connectivity index is 1.84. The Labute approximate surface area is 128 Å². The number of aromatic nitrogens is 1. The number of carbonyl (C=O) groups excluding carboxylic acids is 1. The van der Waals surface area contributed by atoms with Gasteiger partial charge in [-0.3, -0.25) is 4.79 Å². The van der Waals surface area contributed by atoms with Crippen LogP contribution in [-0.2, 0) is 6.54 Å². The van der Waals surface area contributed by atoms with Crippen molar-refractivity contribution >= 4 is 44.4 Å². The lowest BCUT2D eigenvalue weighted by Gasteiger charge is -2.02. The molecule has 2 heterocycles. The van der Waals surface area contributed by atoms with E-state index in [1.54, 1.807) is 12.1 Å². The van der Waals surface area contributed by atoms with Gasteiger partial charge in [0.25, 0.3) is 5.91 Å². The molecule has 0 aliphatic carbocycles. The standard InChI is InChI=1S/C14H12FN3OS2/c1-7-18-8(6-20-7)5-17-14(19)13-12(16)11-9(15)3-2-4-10(11)21-13/h2-4,6H,5,16H2,1H3,(H,17,19). The normalized spacial score (nSPS) is 11.0. The summed E-state index contributed by atoms with van der Waals surface area (Å²) in [6.45, 7) is 2.24. The second kappa shape index (κ2) is 5.42. The number of thiophene rings is 1. The predicted molar refractivity (Wildman–Crippen MR) is 84.2 cm³/mol. The summed E-state index contributed by atoms with van der Waals surface area (Å²) in [4.78, 5) is 16.8. The Kier molecular flexibility index (Phi) is 3.60. The lowest BCUT2D eigenvalue weighted by molar-refractivity contribution is 0.0955. The molecular formula is C14H12FN3OS2. The molecule has 0 bridgehead atoms. The zero-order chi connectivity index (χ0) is 15.0. The number of nitrogens with one attached hydrogen (secondary N) is 1. The van der Waals surface area contributed by atoms with Crippen molar-refractivity contribution in [3.05, 3.63) is 45.0 Å². The number of aryl methyl sites for hydroxylation is 1. The molecule has 0 aliphatic heterocycles. The number of nitrogens with zero attached hydrogens (tertiary/aromatic N) is 1. The fourth-order valence-corrected chi connectivity index (χ4v) is 3.70. The Bertz CT molecular complexity index is 825. The number of benzene rings is 1. The van der Waals surface area contributed by atoms with Crippen LogP contribution in [0.1, 0.15) is 20.4 Å². The van der Waals surface area contributed by atoms with E-state index >= 15 is 0 Å². The highest BCUT2D eigenvalue weighted by Crippen LogP contribution is 2.35. The molecule has 1 amide bonds. The molecule has 108 valence electrons. The van der Waals surface area contributed by atoms with E-state index in [1.807, 2.05) is 12.3 Å². The van der Waals surface area contributed by atoms with Crippen molar-refractivity contribution in [1.29, 1.82) is 0 Å². The van der Waals surface area contributed by atoms with E-state index in [9.17, 15) is 9.18 Å². The molecule has 4 nitrogen and oxygen atoms in total. The quantitative estimate of drug-likeness (QED) is 0.777. The van der Waals surface area contributed by atoms with E-state index in [0.717, 1.165) is 10.7 Å². The molecule has 0 unspecified atom stereocenters. The zero-order valence-electron chi connectivity index (χ0n) is 11.1. The van der Waals surface area contributed by atoms with Crippen LogP contribution in [0.5, 0.6) is 0 Å². The number of carbonyl (C=O) groups is 1. The van der Waals surface area contributed by atoms with Crippen LogP contribution < -0.4 is 11.1 Å². The van der Waals surface area contributed by atoms with E-state index in [0.29, 0.717) is 21.5 Å². The SMILES string of the molecule is Cc1nc(CNC(=O)c2sc3cccc(F)c3c2N)cs1. The third-order valence-electron chi connectivity index (χ3n) is 3.00. The Morgan fingerprint density at radius 3 is 2.95 bits per heavy atom. The predicted octanol–water partition coefficient (Wildman–Crippen LogP) is 3.32. The van der Waals surface area contributed by atoms with E-state index in [4.69, 9.17) is 5.73 Å². The van der Waals surface area contributed by atoms with Gasteiger partial charge in [-0.15, -0.1) is 22.7 Å². The number of hydrogen-bond donors (Lipinski definition) is 2. The molecule has 3 N–H and O–H groups in total. The highest BCUT2D eigenvalue weighted by molar-refractivity contribution is 7.21. The van der Waals surface area contributed by atoms with Crippen LogP contribution in [0.3, 0.4) is 0 Å². The van der Waals surface area contributed by atoms with Gasteiger partial charge in [0.2, 0.25) is 0 Å². The number of nitrogen functional groups attached to an aromatic ring is 1. The maximum Gasteiger partial charge on any atom is 0.263 e. The van der Waals surface area contributed by atoms with Crippen LogP contribution >= 0.6 is 22.7 Å². The van der Waals surface area contributed by atoms with Crippen LogP contribution in [-0.4, -0.2) is 10.9 Å². The van der Waals surface area contributed by atoms with Gasteiger partial charge in [0.1, 0.15) is 10.7 Å².